The van der Waals surface area contributed by atoms with Gasteiger partial charge in [0, 0.05) is 36.0 Å². The second-order valence-electron chi connectivity index (χ2n) is 5.87. The van der Waals surface area contributed by atoms with Crippen LogP contribution in [0.2, 0.25) is 0 Å². The minimum absolute atomic E-state index is 0.828. The van der Waals surface area contributed by atoms with Crippen LogP contribution in [0.25, 0.3) is 0 Å². The molecule has 1 aromatic heterocycles. The van der Waals surface area contributed by atoms with Crippen LogP contribution in [-0.2, 0) is 6.54 Å². The summed E-state index contributed by atoms with van der Waals surface area (Å²) in [6.45, 7) is 4.71. The van der Waals surface area contributed by atoms with Crippen molar-refractivity contribution in [2.75, 3.05) is 19.6 Å². The van der Waals surface area contributed by atoms with Crippen molar-refractivity contribution in [3.05, 3.63) is 28.5 Å². The normalized spacial score (nSPS) is 20.9. The summed E-state index contributed by atoms with van der Waals surface area (Å²) < 4.78 is 1.09. The van der Waals surface area contributed by atoms with Crippen molar-refractivity contribution in [1.82, 2.24) is 15.2 Å². The van der Waals surface area contributed by atoms with Gasteiger partial charge < -0.3 is 5.32 Å². The first-order valence-corrected chi connectivity index (χ1v) is 8.15. The topological polar surface area (TPSA) is 28.2 Å². The van der Waals surface area contributed by atoms with Crippen LogP contribution in [0.1, 0.15) is 31.2 Å². The van der Waals surface area contributed by atoms with Crippen LogP contribution in [-0.4, -0.2) is 35.6 Å². The molecule has 2 fully saturated rings. The molecule has 1 saturated heterocycles. The van der Waals surface area contributed by atoms with E-state index in [1.807, 2.05) is 12.4 Å². The molecule has 4 heteroatoms. The van der Waals surface area contributed by atoms with E-state index < -0.39 is 0 Å². The first-order chi connectivity index (χ1) is 9.31. The summed E-state index contributed by atoms with van der Waals surface area (Å²) >= 11 is 3.51. The Labute approximate surface area is 123 Å². The standard InChI is InChI=1S/C15H22BrN3/c16-14-7-13(8-18-9-14)11-19(15-1-2-15)10-12-3-5-17-6-4-12/h7-9,12,15,17H,1-6,10-11H2. The Morgan fingerprint density at radius 2 is 2.00 bits per heavy atom. The van der Waals surface area contributed by atoms with E-state index in [0.29, 0.717) is 0 Å². The predicted molar refractivity (Wildman–Crippen MR) is 81.0 cm³/mol. The Morgan fingerprint density at radius 1 is 1.21 bits per heavy atom. The monoisotopic (exact) mass is 323 g/mol. The molecule has 2 aliphatic rings. The molecule has 0 amide bonds. The maximum Gasteiger partial charge on any atom is 0.0410 e. The average molecular weight is 324 g/mol. The summed E-state index contributed by atoms with van der Waals surface area (Å²) in [5.41, 5.74) is 1.33. The molecule has 0 atom stereocenters. The van der Waals surface area contributed by atoms with Crippen molar-refractivity contribution in [2.24, 2.45) is 5.92 Å². The second kappa shape index (κ2) is 6.33. The summed E-state index contributed by atoms with van der Waals surface area (Å²) in [6, 6.07) is 3.03. The molecule has 104 valence electrons. The molecule has 1 N–H and O–H groups in total. The Kier molecular flexibility index (Phi) is 4.51. The van der Waals surface area contributed by atoms with Crippen LogP contribution in [0, 0.1) is 5.92 Å². The SMILES string of the molecule is Brc1cncc(CN(CC2CCNCC2)C2CC2)c1. The fourth-order valence-electron chi connectivity index (χ4n) is 2.96. The van der Waals surface area contributed by atoms with Gasteiger partial charge in [0.1, 0.15) is 0 Å². The largest absolute Gasteiger partial charge is 0.317 e. The number of pyridine rings is 1. The molecule has 19 heavy (non-hydrogen) atoms. The zero-order valence-corrected chi connectivity index (χ0v) is 12.9. The lowest BCUT2D eigenvalue weighted by Gasteiger charge is -2.30. The molecule has 3 rings (SSSR count). The van der Waals surface area contributed by atoms with Gasteiger partial charge in [-0.05, 0) is 72.3 Å². The van der Waals surface area contributed by atoms with E-state index in [0.717, 1.165) is 23.0 Å². The molecule has 0 spiro atoms. The predicted octanol–water partition coefficient (Wildman–Crippen LogP) is 2.81. The van der Waals surface area contributed by atoms with E-state index in [1.54, 1.807) is 0 Å². The van der Waals surface area contributed by atoms with Crippen LogP contribution in [0.5, 0.6) is 0 Å². The van der Waals surface area contributed by atoms with Crippen LogP contribution in [0.3, 0.4) is 0 Å². The van der Waals surface area contributed by atoms with Crippen LogP contribution >= 0.6 is 15.9 Å². The highest BCUT2D eigenvalue weighted by Gasteiger charge is 2.30. The number of hydrogen-bond acceptors (Lipinski definition) is 3. The molecule has 0 unspecified atom stereocenters. The quantitative estimate of drug-likeness (QED) is 0.903. The number of nitrogens with zero attached hydrogens (tertiary/aromatic N) is 2. The Hall–Kier alpha value is -0.450. The zero-order chi connectivity index (χ0) is 13.1. The highest BCUT2D eigenvalue weighted by atomic mass is 79.9. The smallest absolute Gasteiger partial charge is 0.0410 e. The lowest BCUT2D eigenvalue weighted by atomic mass is 9.97. The van der Waals surface area contributed by atoms with Gasteiger partial charge in [-0.2, -0.15) is 0 Å². The highest BCUT2D eigenvalue weighted by molar-refractivity contribution is 9.10. The third-order valence-corrected chi connectivity index (χ3v) is 4.60. The Morgan fingerprint density at radius 3 is 2.68 bits per heavy atom. The van der Waals surface area contributed by atoms with Gasteiger partial charge in [0.2, 0.25) is 0 Å². The van der Waals surface area contributed by atoms with E-state index >= 15 is 0 Å². The van der Waals surface area contributed by atoms with Crippen LogP contribution in [0.4, 0.5) is 0 Å². The van der Waals surface area contributed by atoms with Gasteiger partial charge in [0.25, 0.3) is 0 Å². The van der Waals surface area contributed by atoms with Crippen molar-refractivity contribution < 1.29 is 0 Å². The maximum atomic E-state index is 4.28. The summed E-state index contributed by atoms with van der Waals surface area (Å²) in [6.07, 6.45) is 9.29. The average Bonchev–Trinajstić information content (AvgIpc) is 3.23. The third kappa shape index (κ3) is 4.01. The van der Waals surface area contributed by atoms with Crippen molar-refractivity contribution >= 4 is 15.9 Å². The molecular formula is C15H22BrN3. The zero-order valence-electron chi connectivity index (χ0n) is 11.3. The van der Waals surface area contributed by atoms with Gasteiger partial charge >= 0.3 is 0 Å². The molecule has 2 heterocycles. The fraction of sp³-hybridized carbons (Fsp3) is 0.667. The molecule has 1 aliphatic heterocycles. The second-order valence-corrected chi connectivity index (χ2v) is 6.78. The van der Waals surface area contributed by atoms with Gasteiger partial charge in [0.05, 0.1) is 0 Å². The summed E-state index contributed by atoms with van der Waals surface area (Å²) in [4.78, 5) is 6.96. The van der Waals surface area contributed by atoms with Crippen molar-refractivity contribution in [1.29, 1.82) is 0 Å². The number of nitrogens with one attached hydrogen (secondary N) is 1. The molecule has 0 bridgehead atoms. The van der Waals surface area contributed by atoms with Crippen LogP contribution < -0.4 is 5.32 Å². The van der Waals surface area contributed by atoms with Crippen LogP contribution in [0.15, 0.2) is 22.9 Å². The van der Waals surface area contributed by atoms with Gasteiger partial charge in [-0.15, -0.1) is 0 Å². The van der Waals surface area contributed by atoms with E-state index in [9.17, 15) is 0 Å². The summed E-state index contributed by atoms with van der Waals surface area (Å²) in [7, 11) is 0. The molecule has 0 radical (unpaired) electrons. The lowest BCUT2D eigenvalue weighted by molar-refractivity contribution is 0.190. The number of hydrogen-bond donors (Lipinski definition) is 1. The van der Waals surface area contributed by atoms with Gasteiger partial charge in [0.15, 0.2) is 0 Å². The summed E-state index contributed by atoms with van der Waals surface area (Å²) in [5.74, 6) is 0.877. The number of halogens is 1. The number of aromatic nitrogens is 1. The maximum absolute atomic E-state index is 4.28. The van der Waals surface area contributed by atoms with Gasteiger partial charge in [-0.3, -0.25) is 9.88 Å². The fourth-order valence-corrected chi connectivity index (χ4v) is 3.37. The number of rotatable bonds is 5. The molecule has 1 saturated carbocycles. The highest BCUT2D eigenvalue weighted by Crippen LogP contribution is 2.30. The summed E-state index contributed by atoms with van der Waals surface area (Å²) in [5, 5.41) is 3.46. The first-order valence-electron chi connectivity index (χ1n) is 7.35. The van der Waals surface area contributed by atoms with Gasteiger partial charge in [-0.1, -0.05) is 0 Å². The van der Waals surface area contributed by atoms with Crippen molar-refractivity contribution in [3.63, 3.8) is 0 Å². The number of piperidine rings is 1. The Balaban J connectivity index is 1.60. The van der Waals surface area contributed by atoms with Crippen molar-refractivity contribution in [3.8, 4) is 0 Å². The van der Waals surface area contributed by atoms with Crippen molar-refractivity contribution in [2.45, 2.75) is 38.3 Å². The first kappa shape index (κ1) is 13.5. The van der Waals surface area contributed by atoms with E-state index in [1.165, 1.54) is 50.9 Å². The molecule has 3 nitrogen and oxygen atoms in total. The van der Waals surface area contributed by atoms with E-state index in [4.69, 9.17) is 0 Å². The van der Waals surface area contributed by atoms with Gasteiger partial charge in [-0.25, -0.2) is 0 Å². The molecular weight excluding hydrogens is 302 g/mol. The lowest BCUT2D eigenvalue weighted by Crippen LogP contribution is -2.37. The molecule has 0 aromatic carbocycles. The molecule has 1 aliphatic carbocycles. The third-order valence-electron chi connectivity index (χ3n) is 4.16. The minimum atomic E-state index is 0.828. The van der Waals surface area contributed by atoms with E-state index in [-0.39, 0.29) is 0 Å². The van der Waals surface area contributed by atoms with E-state index in [2.05, 4.69) is 37.2 Å². The molecule has 1 aromatic rings. The minimum Gasteiger partial charge on any atom is -0.317 e. The Bertz CT molecular complexity index is 414.